The van der Waals surface area contributed by atoms with Gasteiger partial charge in [-0.2, -0.15) is 5.26 Å². The fourth-order valence-corrected chi connectivity index (χ4v) is 4.25. The Bertz CT molecular complexity index is 1560. The minimum absolute atomic E-state index is 0.0641. The van der Waals surface area contributed by atoms with Gasteiger partial charge in [-0.3, -0.25) is 9.78 Å². The van der Waals surface area contributed by atoms with Gasteiger partial charge >= 0.3 is 0 Å². The van der Waals surface area contributed by atoms with E-state index >= 15 is 0 Å². The van der Waals surface area contributed by atoms with Gasteiger partial charge in [-0.1, -0.05) is 48.0 Å². The summed E-state index contributed by atoms with van der Waals surface area (Å²) in [4.78, 5) is 19.9. The number of amides is 1. The van der Waals surface area contributed by atoms with Crippen LogP contribution < -0.4 is 0 Å². The number of benzene rings is 3. The van der Waals surface area contributed by atoms with E-state index in [1.165, 1.54) is 11.1 Å². The Morgan fingerprint density at radius 1 is 1.00 bits per heavy atom. The van der Waals surface area contributed by atoms with E-state index in [0.29, 0.717) is 36.6 Å². The van der Waals surface area contributed by atoms with E-state index in [0.717, 1.165) is 22.9 Å². The van der Waals surface area contributed by atoms with Crippen molar-refractivity contribution < 1.29 is 4.79 Å². The van der Waals surface area contributed by atoms with Gasteiger partial charge in [0.05, 0.1) is 30.2 Å². The summed E-state index contributed by atoms with van der Waals surface area (Å²) < 4.78 is 1.94. The Kier molecular flexibility index (Phi) is 7.00. The summed E-state index contributed by atoms with van der Waals surface area (Å²) in [7, 11) is 0. The van der Waals surface area contributed by atoms with Crippen molar-refractivity contribution in [3.8, 4) is 6.07 Å². The summed E-state index contributed by atoms with van der Waals surface area (Å²) >= 11 is 0. The molecule has 7 heteroatoms. The summed E-state index contributed by atoms with van der Waals surface area (Å²) in [6.45, 7) is 3.48. The second kappa shape index (κ2) is 10.8. The maximum absolute atomic E-state index is 13.7. The zero-order valence-corrected chi connectivity index (χ0v) is 20.6. The van der Waals surface area contributed by atoms with E-state index in [2.05, 4.69) is 52.4 Å². The van der Waals surface area contributed by atoms with Gasteiger partial charge in [0, 0.05) is 23.7 Å². The first-order valence-corrected chi connectivity index (χ1v) is 12.1. The predicted molar refractivity (Wildman–Crippen MR) is 142 cm³/mol. The average molecular weight is 487 g/mol. The molecular formula is C30H26N6O. The molecule has 0 aliphatic carbocycles. The van der Waals surface area contributed by atoms with Crippen molar-refractivity contribution in [2.75, 3.05) is 6.54 Å². The zero-order chi connectivity index (χ0) is 25.6. The van der Waals surface area contributed by atoms with Crippen LogP contribution in [0.15, 0.2) is 91.4 Å². The lowest BCUT2D eigenvalue weighted by molar-refractivity contribution is 0.0739. The number of aryl methyl sites for hydroxylation is 1. The number of hydrogen-bond donors (Lipinski definition) is 0. The van der Waals surface area contributed by atoms with Crippen LogP contribution in [0.1, 0.15) is 38.4 Å². The molecule has 5 aromatic rings. The highest BCUT2D eigenvalue weighted by molar-refractivity contribution is 5.97. The number of hydrogen-bond acceptors (Lipinski definition) is 5. The van der Waals surface area contributed by atoms with E-state index in [1.807, 2.05) is 51.9 Å². The first-order valence-electron chi connectivity index (χ1n) is 12.1. The molecule has 1 amide bonds. The molecule has 0 unspecified atom stereocenters. The first kappa shape index (κ1) is 23.9. The Morgan fingerprint density at radius 3 is 2.57 bits per heavy atom. The largest absolute Gasteiger partial charge is 0.331 e. The number of pyridine rings is 1. The Labute approximate surface area is 215 Å². The van der Waals surface area contributed by atoms with Gasteiger partial charge in [-0.15, -0.1) is 10.2 Å². The highest BCUT2D eigenvalue weighted by Crippen LogP contribution is 2.17. The van der Waals surface area contributed by atoms with Crippen molar-refractivity contribution in [2.24, 2.45) is 0 Å². The van der Waals surface area contributed by atoms with Crippen LogP contribution in [0.3, 0.4) is 0 Å². The average Bonchev–Trinajstić information content (AvgIpc) is 3.38. The van der Waals surface area contributed by atoms with Gasteiger partial charge in [-0.05, 0) is 60.9 Å². The van der Waals surface area contributed by atoms with Gasteiger partial charge < -0.3 is 9.47 Å². The monoisotopic (exact) mass is 486 g/mol. The van der Waals surface area contributed by atoms with Gasteiger partial charge in [0.15, 0.2) is 5.82 Å². The lowest BCUT2D eigenvalue weighted by atomic mass is 10.1. The topological polar surface area (TPSA) is 87.7 Å². The fourth-order valence-electron chi connectivity index (χ4n) is 4.25. The molecule has 0 saturated carbocycles. The van der Waals surface area contributed by atoms with E-state index in [9.17, 15) is 4.79 Å². The van der Waals surface area contributed by atoms with E-state index < -0.39 is 0 Å². The van der Waals surface area contributed by atoms with Crippen molar-refractivity contribution in [1.82, 2.24) is 24.6 Å². The third-order valence-electron chi connectivity index (χ3n) is 6.39. The summed E-state index contributed by atoms with van der Waals surface area (Å²) in [6, 6.07) is 27.4. The van der Waals surface area contributed by atoms with Crippen LogP contribution in [-0.2, 0) is 19.5 Å². The molecule has 0 aliphatic heterocycles. The number of fused-ring (bicyclic) bond motifs is 1. The molecule has 2 aromatic heterocycles. The zero-order valence-electron chi connectivity index (χ0n) is 20.6. The van der Waals surface area contributed by atoms with Crippen molar-refractivity contribution in [3.63, 3.8) is 0 Å². The molecule has 182 valence electrons. The molecule has 0 atom stereocenters. The molecule has 37 heavy (non-hydrogen) atoms. The molecule has 0 spiro atoms. The molecule has 0 saturated heterocycles. The number of nitriles is 1. The smallest absolute Gasteiger partial charge is 0.254 e. The normalized spacial score (nSPS) is 10.8. The standard InChI is InChI=1S/C30H26N6O/c1-22-4-6-23(7-5-22)14-16-35(30(37)27-12-13-28-26(17-27)3-2-15-32-28)20-29-34-33-21-36(29)19-25-10-8-24(18-31)9-11-25/h2-13,15,17,21H,14,16,19-20H2,1H3. The number of rotatable bonds is 8. The first-order chi connectivity index (χ1) is 18.1. The minimum atomic E-state index is -0.0641. The molecule has 0 aliphatic rings. The predicted octanol–water partition coefficient (Wildman–Crippen LogP) is 4.94. The minimum Gasteiger partial charge on any atom is -0.331 e. The van der Waals surface area contributed by atoms with Crippen LogP contribution in [0.4, 0.5) is 0 Å². The van der Waals surface area contributed by atoms with Crippen molar-refractivity contribution in [2.45, 2.75) is 26.4 Å². The van der Waals surface area contributed by atoms with Crippen LogP contribution in [-0.4, -0.2) is 37.1 Å². The molecule has 5 rings (SSSR count). The number of nitrogens with zero attached hydrogens (tertiary/aromatic N) is 6. The van der Waals surface area contributed by atoms with Gasteiger partial charge in [0.1, 0.15) is 6.33 Å². The molecule has 0 N–H and O–H groups in total. The summed E-state index contributed by atoms with van der Waals surface area (Å²) in [5.74, 6) is 0.634. The van der Waals surface area contributed by atoms with Gasteiger partial charge in [0.25, 0.3) is 5.91 Å². The van der Waals surface area contributed by atoms with Crippen LogP contribution in [0.2, 0.25) is 0 Å². The number of carbonyl (C=O) groups excluding carboxylic acids is 1. The highest BCUT2D eigenvalue weighted by Gasteiger charge is 2.20. The Balaban J connectivity index is 1.40. The molecule has 0 fully saturated rings. The molecule has 3 aromatic carbocycles. The van der Waals surface area contributed by atoms with Crippen molar-refractivity contribution >= 4 is 16.8 Å². The van der Waals surface area contributed by atoms with Crippen LogP contribution >= 0.6 is 0 Å². The van der Waals surface area contributed by atoms with E-state index in [1.54, 1.807) is 24.7 Å². The van der Waals surface area contributed by atoms with Gasteiger partial charge in [0.2, 0.25) is 0 Å². The second-order valence-electron chi connectivity index (χ2n) is 9.06. The number of aromatic nitrogens is 4. The van der Waals surface area contributed by atoms with Crippen molar-refractivity contribution in [1.29, 1.82) is 5.26 Å². The summed E-state index contributed by atoms with van der Waals surface area (Å²) in [5.41, 5.74) is 5.49. The molecule has 0 bridgehead atoms. The maximum atomic E-state index is 13.7. The molecular weight excluding hydrogens is 460 g/mol. The lowest BCUT2D eigenvalue weighted by Crippen LogP contribution is -2.33. The maximum Gasteiger partial charge on any atom is 0.254 e. The Morgan fingerprint density at radius 2 is 1.78 bits per heavy atom. The van der Waals surface area contributed by atoms with Crippen LogP contribution in [0.25, 0.3) is 10.9 Å². The fraction of sp³-hybridized carbons (Fsp3) is 0.167. The third-order valence-corrected chi connectivity index (χ3v) is 6.39. The number of carbonyl (C=O) groups is 1. The second-order valence-corrected chi connectivity index (χ2v) is 9.06. The Hall–Kier alpha value is -4.83. The van der Waals surface area contributed by atoms with E-state index in [-0.39, 0.29) is 5.91 Å². The summed E-state index contributed by atoms with van der Waals surface area (Å²) in [5, 5.41) is 18.4. The van der Waals surface area contributed by atoms with Crippen LogP contribution in [0, 0.1) is 18.3 Å². The quantitative estimate of drug-likeness (QED) is 0.310. The molecule has 7 nitrogen and oxygen atoms in total. The van der Waals surface area contributed by atoms with Crippen LogP contribution in [0.5, 0.6) is 0 Å². The highest BCUT2D eigenvalue weighted by atomic mass is 16.2. The molecule has 0 radical (unpaired) electrons. The SMILES string of the molecule is Cc1ccc(CCN(Cc2nncn2Cc2ccc(C#N)cc2)C(=O)c2ccc3ncccc3c2)cc1. The van der Waals surface area contributed by atoms with E-state index in [4.69, 9.17) is 5.26 Å². The lowest BCUT2D eigenvalue weighted by Gasteiger charge is -2.23. The van der Waals surface area contributed by atoms with Gasteiger partial charge in [-0.25, -0.2) is 0 Å². The molecule has 2 heterocycles. The van der Waals surface area contributed by atoms with Crippen molar-refractivity contribution in [3.05, 3.63) is 125 Å². The third kappa shape index (κ3) is 5.71. The summed E-state index contributed by atoms with van der Waals surface area (Å²) in [6.07, 6.45) is 4.15.